The Morgan fingerprint density at radius 3 is 2.45 bits per heavy atom. The molecule has 2 aromatic heterocycles. The van der Waals surface area contributed by atoms with Crippen LogP contribution in [0.25, 0.3) is 17.1 Å². The highest BCUT2D eigenvalue weighted by Crippen LogP contribution is 2.38. The number of aryl methyl sites for hydroxylation is 1. The van der Waals surface area contributed by atoms with E-state index in [4.69, 9.17) is 23.2 Å². The zero-order valence-electron chi connectivity index (χ0n) is 15.9. The largest absolute Gasteiger partial charge is 0.435 e. The maximum atomic E-state index is 13.6. The summed E-state index contributed by atoms with van der Waals surface area (Å²) in [5.74, 6) is 0.483. The van der Waals surface area contributed by atoms with Gasteiger partial charge in [0, 0.05) is 34.7 Å². The van der Waals surface area contributed by atoms with E-state index in [0.29, 0.717) is 26.6 Å². The molecule has 2 aromatic carbocycles. The van der Waals surface area contributed by atoms with Gasteiger partial charge in [0.25, 0.3) is 0 Å². The number of alkyl halides is 3. The predicted octanol–water partition coefficient (Wildman–Crippen LogP) is 6.29. The molecule has 0 amide bonds. The van der Waals surface area contributed by atoms with E-state index in [1.165, 1.54) is 25.0 Å². The first-order valence-electron chi connectivity index (χ1n) is 8.93. The molecule has 31 heavy (non-hydrogen) atoms. The van der Waals surface area contributed by atoms with Crippen molar-refractivity contribution in [2.45, 2.75) is 17.1 Å². The summed E-state index contributed by atoms with van der Waals surface area (Å²) in [6.45, 7) is 0. The quantitative estimate of drug-likeness (QED) is 0.313. The molecule has 0 spiro atoms. The third kappa shape index (κ3) is 4.58. The molecule has 0 aliphatic carbocycles. The molecule has 0 fully saturated rings. The maximum Gasteiger partial charge on any atom is 0.435 e. The minimum absolute atomic E-state index is 0.0522. The predicted molar refractivity (Wildman–Crippen MR) is 115 cm³/mol. The van der Waals surface area contributed by atoms with Crippen molar-refractivity contribution in [2.75, 3.05) is 0 Å². The van der Waals surface area contributed by atoms with Crippen molar-refractivity contribution in [2.24, 2.45) is 7.05 Å². The SMILES string of the molecule is Cn1cc(-c2nnc(SCc3ccc(Cl)cc3Cl)n2-c2ccccc2)c(C(F)(F)F)n1. The van der Waals surface area contributed by atoms with Crippen molar-refractivity contribution in [3.05, 3.63) is 76.0 Å². The molecule has 4 rings (SSSR count). The van der Waals surface area contributed by atoms with Crippen LogP contribution in [-0.2, 0) is 19.0 Å². The van der Waals surface area contributed by atoms with Crippen molar-refractivity contribution >= 4 is 35.0 Å². The van der Waals surface area contributed by atoms with Crippen LogP contribution in [-0.4, -0.2) is 24.5 Å². The van der Waals surface area contributed by atoms with E-state index < -0.39 is 11.9 Å². The van der Waals surface area contributed by atoms with Crippen molar-refractivity contribution in [1.29, 1.82) is 0 Å². The summed E-state index contributed by atoms with van der Waals surface area (Å²) in [5.41, 5.74) is 0.279. The highest BCUT2D eigenvalue weighted by atomic mass is 35.5. The number of hydrogen-bond acceptors (Lipinski definition) is 4. The van der Waals surface area contributed by atoms with E-state index in [-0.39, 0.29) is 11.4 Å². The number of para-hydroxylation sites is 1. The van der Waals surface area contributed by atoms with Crippen LogP contribution >= 0.6 is 35.0 Å². The van der Waals surface area contributed by atoms with Gasteiger partial charge in [0.15, 0.2) is 16.7 Å². The van der Waals surface area contributed by atoms with Gasteiger partial charge in [-0.25, -0.2) is 0 Å². The van der Waals surface area contributed by atoms with Crippen LogP contribution in [0.4, 0.5) is 13.2 Å². The van der Waals surface area contributed by atoms with E-state index in [1.807, 2.05) is 6.07 Å². The minimum atomic E-state index is -4.63. The lowest BCUT2D eigenvalue weighted by atomic mass is 10.2. The molecule has 4 aromatic rings. The van der Waals surface area contributed by atoms with Gasteiger partial charge in [-0.3, -0.25) is 9.25 Å². The summed E-state index contributed by atoms with van der Waals surface area (Å²) in [5, 5.41) is 13.3. The number of aromatic nitrogens is 5. The molecule has 5 nitrogen and oxygen atoms in total. The molecule has 160 valence electrons. The molecule has 0 saturated heterocycles. The van der Waals surface area contributed by atoms with Gasteiger partial charge in [-0.15, -0.1) is 10.2 Å². The Morgan fingerprint density at radius 2 is 1.77 bits per heavy atom. The number of rotatable bonds is 5. The van der Waals surface area contributed by atoms with Crippen LogP contribution in [0, 0.1) is 0 Å². The molecule has 0 aliphatic rings. The van der Waals surface area contributed by atoms with Gasteiger partial charge in [0.1, 0.15) is 0 Å². The van der Waals surface area contributed by atoms with Crippen LogP contribution in [0.5, 0.6) is 0 Å². The van der Waals surface area contributed by atoms with E-state index >= 15 is 0 Å². The first-order valence-corrected chi connectivity index (χ1v) is 10.7. The highest BCUT2D eigenvalue weighted by molar-refractivity contribution is 7.98. The second kappa shape index (κ2) is 8.57. The molecule has 11 heteroatoms. The fraction of sp³-hybridized carbons (Fsp3) is 0.150. The summed E-state index contributed by atoms with van der Waals surface area (Å²) in [6, 6.07) is 14.1. The van der Waals surface area contributed by atoms with Crippen molar-refractivity contribution in [3.63, 3.8) is 0 Å². The van der Waals surface area contributed by atoms with Crippen LogP contribution in [0.15, 0.2) is 59.9 Å². The maximum absolute atomic E-state index is 13.6. The van der Waals surface area contributed by atoms with E-state index in [2.05, 4.69) is 15.3 Å². The van der Waals surface area contributed by atoms with Gasteiger partial charge in [0.2, 0.25) is 0 Å². The highest BCUT2D eigenvalue weighted by Gasteiger charge is 2.39. The van der Waals surface area contributed by atoms with E-state index in [9.17, 15) is 13.2 Å². The number of thioether (sulfide) groups is 1. The van der Waals surface area contributed by atoms with Crippen LogP contribution in [0.3, 0.4) is 0 Å². The Morgan fingerprint density at radius 1 is 1.03 bits per heavy atom. The molecule has 0 atom stereocenters. The van der Waals surface area contributed by atoms with Gasteiger partial charge in [0.05, 0.1) is 5.56 Å². The van der Waals surface area contributed by atoms with Gasteiger partial charge >= 0.3 is 6.18 Å². The molecule has 0 saturated carbocycles. The first-order chi connectivity index (χ1) is 14.7. The molecule has 0 bridgehead atoms. The molecule has 0 aliphatic heterocycles. The van der Waals surface area contributed by atoms with Crippen LogP contribution in [0.1, 0.15) is 11.3 Å². The molecule has 2 heterocycles. The lowest BCUT2D eigenvalue weighted by Crippen LogP contribution is -2.09. The standard InChI is InChI=1S/C20H14Cl2F3N5S/c1-29-10-15(17(28-29)20(23,24)25)18-26-27-19(30(18)14-5-3-2-4-6-14)31-11-12-7-8-13(21)9-16(12)22/h2-10H,11H2,1H3. The normalized spacial score (nSPS) is 11.8. The number of nitrogens with zero attached hydrogens (tertiary/aromatic N) is 5. The average Bonchev–Trinajstić information content (AvgIpc) is 3.31. The van der Waals surface area contributed by atoms with Crippen molar-refractivity contribution in [3.8, 4) is 17.1 Å². The Hall–Kier alpha value is -2.49. The van der Waals surface area contributed by atoms with Crippen molar-refractivity contribution in [1.82, 2.24) is 24.5 Å². The molecular weight excluding hydrogens is 470 g/mol. The Kier molecular flexibility index (Phi) is 6.00. The summed E-state index contributed by atoms with van der Waals surface area (Å²) in [6.07, 6.45) is -3.34. The van der Waals surface area contributed by atoms with Gasteiger partial charge < -0.3 is 0 Å². The van der Waals surface area contributed by atoms with Gasteiger partial charge in [-0.2, -0.15) is 18.3 Å². The fourth-order valence-corrected chi connectivity index (χ4v) is 4.50. The Balaban J connectivity index is 1.79. The smallest absolute Gasteiger partial charge is 0.274 e. The summed E-state index contributed by atoms with van der Waals surface area (Å²) >= 11 is 13.5. The van der Waals surface area contributed by atoms with Crippen LogP contribution < -0.4 is 0 Å². The van der Waals surface area contributed by atoms with E-state index in [0.717, 1.165) is 10.2 Å². The Labute approximate surface area is 189 Å². The average molecular weight is 484 g/mol. The van der Waals surface area contributed by atoms with Crippen LogP contribution in [0.2, 0.25) is 10.0 Å². The second-order valence-corrected chi connectivity index (χ2v) is 8.35. The van der Waals surface area contributed by atoms with Gasteiger partial charge in [-0.1, -0.05) is 59.2 Å². The molecule has 0 unspecified atom stereocenters. The van der Waals surface area contributed by atoms with Gasteiger partial charge in [-0.05, 0) is 29.8 Å². The zero-order chi connectivity index (χ0) is 22.2. The number of benzene rings is 2. The second-order valence-electron chi connectivity index (χ2n) is 6.56. The minimum Gasteiger partial charge on any atom is -0.274 e. The molecular formula is C20H14Cl2F3N5S. The number of hydrogen-bond donors (Lipinski definition) is 0. The third-order valence-corrected chi connectivity index (χ3v) is 5.92. The fourth-order valence-electron chi connectivity index (χ4n) is 2.99. The topological polar surface area (TPSA) is 48.5 Å². The van der Waals surface area contributed by atoms with E-state index in [1.54, 1.807) is 47.0 Å². The first kappa shape index (κ1) is 21.7. The third-order valence-electron chi connectivity index (χ3n) is 4.36. The summed E-state index contributed by atoms with van der Waals surface area (Å²) in [4.78, 5) is 0. The zero-order valence-corrected chi connectivity index (χ0v) is 18.3. The summed E-state index contributed by atoms with van der Waals surface area (Å²) < 4.78 is 43.4. The lowest BCUT2D eigenvalue weighted by molar-refractivity contribution is -0.141. The molecule has 0 radical (unpaired) electrons. The monoisotopic (exact) mass is 483 g/mol. The lowest BCUT2D eigenvalue weighted by Gasteiger charge is -2.11. The Bertz CT molecular complexity index is 1220. The summed E-state index contributed by atoms with van der Waals surface area (Å²) in [7, 11) is 1.43. The van der Waals surface area contributed by atoms with Crippen molar-refractivity contribution < 1.29 is 13.2 Å². The number of halogens is 5. The molecule has 0 N–H and O–H groups in total.